The lowest BCUT2D eigenvalue weighted by atomic mass is 10.0. The molecule has 2 aromatic heterocycles. The zero-order chi connectivity index (χ0) is 18.8. The number of methoxy groups -OCH3 is 1. The van der Waals surface area contributed by atoms with Crippen molar-refractivity contribution < 1.29 is 4.74 Å². The van der Waals surface area contributed by atoms with Gasteiger partial charge in [0.2, 0.25) is 0 Å². The molecule has 5 nitrogen and oxygen atoms in total. The second-order valence-corrected chi connectivity index (χ2v) is 6.80. The Labute approximate surface area is 164 Å². The van der Waals surface area contributed by atoms with E-state index in [2.05, 4.69) is 51.1 Å². The highest BCUT2D eigenvalue weighted by Gasteiger charge is 2.40. The predicted octanol–water partition coefficient (Wildman–Crippen LogP) is 3.87. The van der Waals surface area contributed by atoms with E-state index < -0.39 is 0 Å². The van der Waals surface area contributed by atoms with Crippen LogP contribution in [0.5, 0.6) is 5.75 Å². The number of pyridine rings is 1. The average molecular weight is 379 g/mol. The van der Waals surface area contributed by atoms with Crippen molar-refractivity contribution in [3.63, 3.8) is 0 Å². The van der Waals surface area contributed by atoms with Crippen molar-refractivity contribution in [2.45, 2.75) is 19.0 Å². The topological polar surface area (TPSA) is 42.3 Å². The molecule has 138 valence electrons. The van der Waals surface area contributed by atoms with Crippen molar-refractivity contribution in [2.75, 3.05) is 13.7 Å². The van der Waals surface area contributed by atoms with Gasteiger partial charge in [-0.2, -0.15) is 0 Å². The Kier molecular flexibility index (Phi) is 4.81. The molecule has 6 heteroatoms. The Hall–Kier alpha value is -2.86. The Morgan fingerprint density at radius 1 is 1.15 bits per heavy atom. The minimum atomic E-state index is -0.00194. The summed E-state index contributed by atoms with van der Waals surface area (Å²) in [6, 6.07) is 18.3. The molecule has 1 aromatic carbocycles. The molecule has 4 rings (SSSR count). The summed E-state index contributed by atoms with van der Waals surface area (Å²) in [4.78, 5) is 6.80. The van der Waals surface area contributed by atoms with Crippen LogP contribution < -0.4 is 10.1 Å². The van der Waals surface area contributed by atoms with Gasteiger partial charge in [0.15, 0.2) is 5.11 Å². The highest BCUT2D eigenvalue weighted by Crippen LogP contribution is 2.39. The first kappa shape index (κ1) is 17.5. The van der Waals surface area contributed by atoms with Crippen molar-refractivity contribution in [3.05, 3.63) is 78.4 Å². The minimum Gasteiger partial charge on any atom is -0.497 e. The van der Waals surface area contributed by atoms with Crippen LogP contribution in [0.25, 0.3) is 5.69 Å². The van der Waals surface area contributed by atoms with E-state index in [0.29, 0.717) is 0 Å². The summed E-state index contributed by atoms with van der Waals surface area (Å²) in [5.41, 5.74) is 3.20. The molecule has 1 aliphatic heterocycles. The van der Waals surface area contributed by atoms with E-state index >= 15 is 0 Å². The molecule has 2 unspecified atom stereocenters. The van der Waals surface area contributed by atoms with Gasteiger partial charge in [-0.3, -0.25) is 4.98 Å². The number of rotatable bonds is 5. The lowest BCUT2D eigenvalue weighted by molar-refractivity contribution is 0.321. The summed E-state index contributed by atoms with van der Waals surface area (Å²) in [7, 11) is 1.69. The molecule has 0 aliphatic carbocycles. The zero-order valence-corrected chi connectivity index (χ0v) is 16.2. The van der Waals surface area contributed by atoms with E-state index in [1.54, 1.807) is 7.11 Å². The molecule has 0 spiro atoms. The second kappa shape index (κ2) is 7.40. The van der Waals surface area contributed by atoms with Crippen LogP contribution in [-0.2, 0) is 0 Å². The van der Waals surface area contributed by atoms with Crippen LogP contribution in [0.4, 0.5) is 0 Å². The van der Waals surface area contributed by atoms with Gasteiger partial charge in [0.1, 0.15) is 5.75 Å². The van der Waals surface area contributed by atoms with E-state index in [0.717, 1.165) is 34.5 Å². The third-order valence-electron chi connectivity index (χ3n) is 4.95. The molecule has 1 saturated heterocycles. The van der Waals surface area contributed by atoms with E-state index in [4.69, 9.17) is 17.0 Å². The molecule has 2 atom stereocenters. The quantitative estimate of drug-likeness (QED) is 0.683. The highest BCUT2D eigenvalue weighted by atomic mass is 32.1. The number of hydrogen-bond donors (Lipinski definition) is 1. The molecule has 0 radical (unpaired) electrons. The number of nitrogens with one attached hydrogen (secondary N) is 1. The van der Waals surface area contributed by atoms with Crippen LogP contribution in [0.3, 0.4) is 0 Å². The van der Waals surface area contributed by atoms with Crippen molar-refractivity contribution in [2.24, 2.45) is 0 Å². The van der Waals surface area contributed by atoms with E-state index in [-0.39, 0.29) is 12.1 Å². The Balaban J connectivity index is 1.80. The van der Waals surface area contributed by atoms with Gasteiger partial charge in [-0.05, 0) is 55.5 Å². The number of ether oxygens (including phenoxy) is 1. The molecule has 1 N–H and O–H groups in total. The number of aromatic nitrogens is 2. The van der Waals surface area contributed by atoms with Gasteiger partial charge in [-0.25, -0.2) is 0 Å². The van der Waals surface area contributed by atoms with Crippen LogP contribution in [-0.4, -0.2) is 33.2 Å². The highest BCUT2D eigenvalue weighted by molar-refractivity contribution is 7.80. The number of nitrogens with zero attached hydrogens (tertiary/aromatic N) is 3. The maximum absolute atomic E-state index is 5.63. The van der Waals surface area contributed by atoms with Crippen molar-refractivity contribution >= 4 is 17.3 Å². The number of hydrogen-bond acceptors (Lipinski definition) is 3. The molecule has 1 aliphatic rings. The number of likely N-dealkylation sites (N-methyl/N-ethyl adjacent to an activating group) is 1. The molecule has 0 amide bonds. The zero-order valence-electron chi connectivity index (χ0n) is 15.4. The van der Waals surface area contributed by atoms with Crippen LogP contribution >= 0.6 is 12.2 Å². The summed E-state index contributed by atoms with van der Waals surface area (Å²) >= 11 is 5.63. The summed E-state index contributed by atoms with van der Waals surface area (Å²) in [6.07, 6.45) is 3.90. The molecule has 3 aromatic rings. The van der Waals surface area contributed by atoms with Gasteiger partial charge in [-0.15, -0.1) is 0 Å². The van der Waals surface area contributed by atoms with Crippen LogP contribution in [0.1, 0.15) is 30.4 Å². The average Bonchev–Trinajstić information content (AvgIpc) is 3.32. The fourth-order valence-corrected chi connectivity index (χ4v) is 4.07. The SMILES string of the molecule is CCN1C(=S)NC(c2ccccn2)C1c1cccn1-c1cccc(OC)c1. The largest absolute Gasteiger partial charge is 0.497 e. The van der Waals surface area contributed by atoms with Crippen LogP contribution in [0.2, 0.25) is 0 Å². The Bertz CT molecular complexity index is 940. The Morgan fingerprint density at radius 3 is 2.78 bits per heavy atom. The standard InChI is InChI=1S/C21H22N4OS/c1-3-24-20(19(23-21(24)27)17-10-4-5-12-22-17)18-11-7-13-25(18)15-8-6-9-16(14-15)26-2/h4-14,19-20H,3H2,1-2H3,(H,23,27). The molecule has 3 heterocycles. The number of thiocarbonyl (C=S) groups is 1. The van der Waals surface area contributed by atoms with Crippen molar-refractivity contribution in [1.82, 2.24) is 19.8 Å². The first-order valence-corrected chi connectivity index (χ1v) is 9.43. The molecule has 27 heavy (non-hydrogen) atoms. The van der Waals surface area contributed by atoms with E-state index in [1.165, 1.54) is 0 Å². The van der Waals surface area contributed by atoms with Gasteiger partial charge < -0.3 is 19.5 Å². The van der Waals surface area contributed by atoms with Gasteiger partial charge in [0.25, 0.3) is 0 Å². The van der Waals surface area contributed by atoms with Crippen LogP contribution in [0, 0.1) is 0 Å². The predicted molar refractivity (Wildman–Crippen MR) is 110 cm³/mol. The lowest BCUT2D eigenvalue weighted by Crippen LogP contribution is -2.30. The molecule has 0 bridgehead atoms. The van der Waals surface area contributed by atoms with E-state index in [9.17, 15) is 0 Å². The van der Waals surface area contributed by atoms with Gasteiger partial charge in [0, 0.05) is 36.4 Å². The molecular formula is C21H22N4OS. The molecular weight excluding hydrogens is 356 g/mol. The lowest BCUT2D eigenvalue weighted by Gasteiger charge is -2.28. The summed E-state index contributed by atoms with van der Waals surface area (Å²) < 4.78 is 7.60. The third-order valence-corrected chi connectivity index (χ3v) is 5.31. The second-order valence-electron chi connectivity index (χ2n) is 6.42. The van der Waals surface area contributed by atoms with Crippen molar-refractivity contribution in [3.8, 4) is 11.4 Å². The normalized spacial score (nSPS) is 19.2. The van der Waals surface area contributed by atoms with E-state index in [1.807, 2.05) is 42.6 Å². The monoisotopic (exact) mass is 378 g/mol. The van der Waals surface area contributed by atoms with Gasteiger partial charge in [0.05, 0.1) is 24.9 Å². The maximum atomic E-state index is 5.63. The van der Waals surface area contributed by atoms with Gasteiger partial charge in [-0.1, -0.05) is 12.1 Å². The summed E-state index contributed by atoms with van der Waals surface area (Å²) in [5.74, 6) is 0.834. The Morgan fingerprint density at radius 2 is 2.04 bits per heavy atom. The fourth-order valence-electron chi connectivity index (χ4n) is 3.70. The first-order chi connectivity index (χ1) is 13.2. The molecule has 1 fully saturated rings. The smallest absolute Gasteiger partial charge is 0.170 e. The summed E-state index contributed by atoms with van der Waals surface area (Å²) in [5, 5.41) is 4.23. The first-order valence-electron chi connectivity index (χ1n) is 9.02. The van der Waals surface area contributed by atoms with Gasteiger partial charge >= 0.3 is 0 Å². The molecule has 0 saturated carbocycles. The fraction of sp³-hybridized carbons (Fsp3) is 0.238. The minimum absolute atomic E-state index is 0.00194. The maximum Gasteiger partial charge on any atom is 0.170 e. The number of benzene rings is 1. The van der Waals surface area contributed by atoms with Crippen molar-refractivity contribution in [1.29, 1.82) is 0 Å². The summed E-state index contributed by atoms with van der Waals surface area (Å²) in [6.45, 7) is 2.95. The third kappa shape index (κ3) is 3.17. The van der Waals surface area contributed by atoms with Crippen LogP contribution in [0.15, 0.2) is 67.0 Å².